The molecule has 0 spiro atoms. The third kappa shape index (κ3) is 1.20. The molecule has 0 saturated heterocycles. The van der Waals surface area contributed by atoms with Crippen molar-refractivity contribution in [2.75, 3.05) is 0 Å². The lowest BCUT2D eigenvalue weighted by molar-refractivity contribution is 1.40. The maximum absolute atomic E-state index is 3.82. The summed E-state index contributed by atoms with van der Waals surface area (Å²) in [6, 6.07) is 0. The Labute approximate surface area is 61.5 Å². The van der Waals surface area contributed by atoms with Crippen molar-refractivity contribution in [3.05, 3.63) is 9.21 Å². The van der Waals surface area contributed by atoms with Crippen LogP contribution in [0.15, 0.2) is 9.21 Å². The van der Waals surface area contributed by atoms with Crippen LogP contribution in [0.25, 0.3) is 0 Å². The van der Waals surface area contributed by atoms with Gasteiger partial charge in [-0.15, -0.1) is 0 Å². The van der Waals surface area contributed by atoms with Crippen molar-refractivity contribution in [2.45, 2.75) is 0 Å². The third-order valence-electron chi connectivity index (χ3n) is 0.412. The van der Waals surface area contributed by atoms with Gasteiger partial charge in [-0.2, -0.15) is 8.75 Å². The van der Waals surface area contributed by atoms with Gasteiger partial charge < -0.3 is 0 Å². The Kier molecular flexibility index (Phi) is 1.77. The summed E-state index contributed by atoms with van der Waals surface area (Å²) < 4.78 is 9.18. The molecule has 0 saturated carbocycles. The van der Waals surface area contributed by atoms with Crippen molar-refractivity contribution in [1.29, 1.82) is 0 Å². The highest BCUT2D eigenvalue weighted by Crippen LogP contribution is 2.18. The largest absolute Gasteiger partial charge is 0.165 e. The van der Waals surface area contributed by atoms with E-state index in [0.29, 0.717) is 0 Å². The van der Waals surface area contributed by atoms with Gasteiger partial charge in [0.15, 0.2) is 9.21 Å². The maximum Gasteiger partial charge on any atom is 0.154 e. The zero-order valence-electron chi connectivity index (χ0n) is 3.06. The molecule has 1 aromatic heterocycles. The molecular formula is C2Br2N2S. The van der Waals surface area contributed by atoms with Crippen molar-refractivity contribution in [1.82, 2.24) is 8.75 Å². The summed E-state index contributed by atoms with van der Waals surface area (Å²) in [5.74, 6) is 0. The highest BCUT2D eigenvalue weighted by atomic mass is 79.9. The summed E-state index contributed by atoms with van der Waals surface area (Å²) in [5.41, 5.74) is 0. The van der Waals surface area contributed by atoms with Crippen molar-refractivity contribution in [2.24, 2.45) is 0 Å². The van der Waals surface area contributed by atoms with Crippen LogP contribution >= 0.6 is 43.6 Å². The Balaban J connectivity index is 3.12. The molecule has 2 nitrogen and oxygen atoms in total. The topological polar surface area (TPSA) is 25.8 Å². The normalized spacial score (nSPS) is 9.43. The molecule has 7 heavy (non-hydrogen) atoms. The van der Waals surface area contributed by atoms with Crippen LogP contribution in [0.3, 0.4) is 0 Å². The van der Waals surface area contributed by atoms with E-state index in [9.17, 15) is 0 Å². The minimum absolute atomic E-state index is 0.775. The minimum atomic E-state index is 0.775. The zero-order valence-corrected chi connectivity index (χ0v) is 7.05. The summed E-state index contributed by atoms with van der Waals surface area (Å²) in [7, 11) is 0. The minimum Gasteiger partial charge on any atom is -0.165 e. The van der Waals surface area contributed by atoms with Crippen molar-refractivity contribution in [3.63, 3.8) is 0 Å². The first kappa shape index (κ1) is 5.65. The quantitative estimate of drug-likeness (QED) is 0.697. The van der Waals surface area contributed by atoms with Gasteiger partial charge in [0.25, 0.3) is 0 Å². The Morgan fingerprint density at radius 3 is 1.71 bits per heavy atom. The fourth-order valence-corrected chi connectivity index (χ4v) is 1.33. The lowest BCUT2D eigenvalue weighted by atomic mass is 11.0. The van der Waals surface area contributed by atoms with Crippen LogP contribution in [0, 0.1) is 0 Å². The Morgan fingerprint density at radius 1 is 1.14 bits per heavy atom. The maximum atomic E-state index is 3.82. The second kappa shape index (κ2) is 2.19. The first-order chi connectivity index (χ1) is 3.30. The molecule has 38 valence electrons. The average Bonchev–Trinajstić information content (AvgIpc) is 1.91. The molecule has 1 rings (SSSR count). The standard InChI is InChI=1S/C2Br2N2S/c3-1-2(4)6-7-5-1. The summed E-state index contributed by atoms with van der Waals surface area (Å²) in [4.78, 5) is 0. The molecule has 1 aromatic rings. The van der Waals surface area contributed by atoms with Crippen LogP contribution in [0.2, 0.25) is 0 Å². The van der Waals surface area contributed by atoms with Gasteiger partial charge >= 0.3 is 0 Å². The molecule has 0 fully saturated rings. The summed E-state index contributed by atoms with van der Waals surface area (Å²) >= 11 is 7.48. The number of rotatable bonds is 0. The lowest BCUT2D eigenvalue weighted by Gasteiger charge is -1.70. The van der Waals surface area contributed by atoms with Crippen molar-refractivity contribution in [3.8, 4) is 0 Å². The van der Waals surface area contributed by atoms with E-state index >= 15 is 0 Å². The second-order valence-corrected chi connectivity index (χ2v) is 2.88. The molecule has 5 heteroatoms. The van der Waals surface area contributed by atoms with Gasteiger partial charge in [-0.3, -0.25) is 0 Å². The van der Waals surface area contributed by atoms with E-state index in [-0.39, 0.29) is 0 Å². The van der Waals surface area contributed by atoms with E-state index in [1.54, 1.807) is 0 Å². The van der Waals surface area contributed by atoms with Gasteiger partial charge in [0.05, 0.1) is 11.7 Å². The van der Waals surface area contributed by atoms with E-state index in [2.05, 4.69) is 40.6 Å². The molecule has 0 N–H and O–H groups in total. The van der Waals surface area contributed by atoms with Crippen LogP contribution in [0.1, 0.15) is 0 Å². The third-order valence-corrected chi connectivity index (χ3v) is 3.05. The van der Waals surface area contributed by atoms with Crippen LogP contribution in [0.5, 0.6) is 0 Å². The van der Waals surface area contributed by atoms with Gasteiger partial charge in [0, 0.05) is 0 Å². The molecule has 0 aliphatic carbocycles. The number of hydrogen-bond acceptors (Lipinski definition) is 3. The molecule has 1 heterocycles. The Morgan fingerprint density at radius 2 is 1.57 bits per heavy atom. The van der Waals surface area contributed by atoms with E-state index < -0.39 is 0 Å². The Bertz CT molecular complexity index is 146. The number of aromatic nitrogens is 2. The predicted molar refractivity (Wildman–Crippen MR) is 35.3 cm³/mol. The van der Waals surface area contributed by atoms with Crippen LogP contribution in [-0.2, 0) is 0 Å². The molecule has 0 atom stereocenters. The van der Waals surface area contributed by atoms with Gasteiger partial charge in [-0.25, -0.2) is 0 Å². The number of nitrogens with zero attached hydrogens (tertiary/aromatic N) is 2. The van der Waals surface area contributed by atoms with E-state index in [1.165, 1.54) is 11.7 Å². The van der Waals surface area contributed by atoms with E-state index in [0.717, 1.165) is 9.21 Å². The fourth-order valence-electron chi connectivity index (χ4n) is 0.167. The molecule has 0 amide bonds. The Hall–Kier alpha value is 0.520. The summed E-state index contributed by atoms with van der Waals surface area (Å²) in [6.45, 7) is 0. The number of hydrogen-bond donors (Lipinski definition) is 0. The molecule has 0 aromatic carbocycles. The van der Waals surface area contributed by atoms with Gasteiger partial charge in [0.1, 0.15) is 0 Å². The molecule has 0 radical (unpaired) electrons. The van der Waals surface area contributed by atoms with Gasteiger partial charge in [-0.05, 0) is 31.9 Å². The van der Waals surface area contributed by atoms with E-state index in [4.69, 9.17) is 0 Å². The summed E-state index contributed by atoms with van der Waals surface area (Å²) in [6.07, 6.45) is 0. The lowest BCUT2D eigenvalue weighted by Crippen LogP contribution is -1.57. The predicted octanol–water partition coefficient (Wildman–Crippen LogP) is 2.06. The first-order valence-electron chi connectivity index (χ1n) is 1.44. The molecule has 0 unspecified atom stereocenters. The zero-order chi connectivity index (χ0) is 5.28. The first-order valence-corrected chi connectivity index (χ1v) is 3.76. The fraction of sp³-hybridized carbons (Fsp3) is 0. The molecular weight excluding hydrogens is 244 g/mol. The average molecular weight is 244 g/mol. The van der Waals surface area contributed by atoms with Gasteiger partial charge in [0.2, 0.25) is 0 Å². The monoisotopic (exact) mass is 242 g/mol. The van der Waals surface area contributed by atoms with Crippen molar-refractivity contribution < 1.29 is 0 Å². The molecule has 0 aliphatic heterocycles. The van der Waals surface area contributed by atoms with Gasteiger partial charge in [-0.1, -0.05) is 0 Å². The SMILES string of the molecule is Brc1nsnc1Br. The molecule has 0 bridgehead atoms. The second-order valence-electron chi connectivity index (χ2n) is 0.846. The van der Waals surface area contributed by atoms with Crippen LogP contribution in [0.4, 0.5) is 0 Å². The summed E-state index contributed by atoms with van der Waals surface area (Å²) in [5, 5.41) is 0. The number of halogens is 2. The molecule has 0 aliphatic rings. The highest BCUT2D eigenvalue weighted by molar-refractivity contribution is 9.13. The van der Waals surface area contributed by atoms with E-state index in [1.807, 2.05) is 0 Å². The highest BCUT2D eigenvalue weighted by Gasteiger charge is 1.95. The van der Waals surface area contributed by atoms with Crippen LogP contribution < -0.4 is 0 Å². The van der Waals surface area contributed by atoms with Crippen molar-refractivity contribution >= 4 is 43.6 Å². The van der Waals surface area contributed by atoms with Crippen LogP contribution in [-0.4, -0.2) is 8.75 Å². The smallest absolute Gasteiger partial charge is 0.154 e.